The fourth-order valence-electron chi connectivity index (χ4n) is 5.45. The van der Waals surface area contributed by atoms with E-state index in [1.807, 2.05) is 24.3 Å². The van der Waals surface area contributed by atoms with E-state index in [0.29, 0.717) is 12.1 Å². The maximum atomic E-state index is 13.6. The lowest BCUT2D eigenvalue weighted by Gasteiger charge is -2.34. The largest absolute Gasteiger partial charge is 0.417 e. The Bertz CT molecular complexity index is 1460. The van der Waals surface area contributed by atoms with Crippen LogP contribution in [0.3, 0.4) is 0 Å². The van der Waals surface area contributed by atoms with Crippen molar-refractivity contribution in [2.75, 3.05) is 5.32 Å². The normalized spacial score (nSPS) is 21.3. The first-order valence-corrected chi connectivity index (χ1v) is 11.6. The lowest BCUT2D eigenvalue weighted by Crippen LogP contribution is -2.51. The molecular formula is C25H21F3N6O2. The van der Waals surface area contributed by atoms with E-state index in [2.05, 4.69) is 20.5 Å². The van der Waals surface area contributed by atoms with Crippen LogP contribution in [0.4, 0.5) is 18.9 Å². The fraction of sp³-hybridized carbons (Fsp3) is 0.280. The molecule has 2 amide bonds. The van der Waals surface area contributed by atoms with Gasteiger partial charge in [-0.3, -0.25) is 19.1 Å². The monoisotopic (exact) mass is 494 g/mol. The number of piperidine rings is 1. The van der Waals surface area contributed by atoms with Gasteiger partial charge in [0.15, 0.2) is 0 Å². The van der Waals surface area contributed by atoms with Crippen LogP contribution in [0.25, 0.3) is 16.9 Å². The van der Waals surface area contributed by atoms with E-state index in [0.717, 1.165) is 40.8 Å². The molecule has 36 heavy (non-hydrogen) atoms. The number of likely N-dealkylation sites (tertiary alicyclic amines) is 1. The van der Waals surface area contributed by atoms with Gasteiger partial charge in [0.2, 0.25) is 5.91 Å². The number of carbonyl (C=O) groups is 2. The molecule has 3 unspecified atom stereocenters. The highest BCUT2D eigenvalue weighted by atomic mass is 19.4. The number of imidazole rings is 1. The molecule has 1 saturated carbocycles. The molecule has 1 saturated heterocycles. The Morgan fingerprint density at radius 2 is 1.97 bits per heavy atom. The molecule has 6 rings (SSSR count). The lowest BCUT2D eigenvalue weighted by molar-refractivity contribution is -0.137. The van der Waals surface area contributed by atoms with Gasteiger partial charge in [-0.15, -0.1) is 0 Å². The first kappa shape index (κ1) is 22.3. The van der Waals surface area contributed by atoms with Crippen LogP contribution in [-0.2, 0) is 11.0 Å². The highest BCUT2D eigenvalue weighted by Gasteiger charge is 2.51. The number of halogens is 3. The number of rotatable bonds is 4. The number of aromatic nitrogens is 4. The molecule has 3 atom stereocenters. The van der Waals surface area contributed by atoms with Crippen LogP contribution in [0, 0.1) is 5.92 Å². The second kappa shape index (κ2) is 8.21. The van der Waals surface area contributed by atoms with E-state index in [9.17, 15) is 22.8 Å². The van der Waals surface area contributed by atoms with Gasteiger partial charge in [-0.05, 0) is 55.5 Å². The number of carbonyl (C=O) groups excluding carboxylic acids is 2. The summed E-state index contributed by atoms with van der Waals surface area (Å²) in [6.07, 6.45) is 1.47. The van der Waals surface area contributed by atoms with Crippen molar-refractivity contribution in [1.82, 2.24) is 24.5 Å². The van der Waals surface area contributed by atoms with Crippen LogP contribution in [0.5, 0.6) is 0 Å². The topological polar surface area (TPSA) is 95.4 Å². The molecule has 11 heteroatoms. The summed E-state index contributed by atoms with van der Waals surface area (Å²) in [6.45, 7) is 0. The fourth-order valence-corrected chi connectivity index (χ4v) is 5.45. The van der Waals surface area contributed by atoms with Crippen molar-refractivity contribution in [3.05, 3.63) is 72.3 Å². The molecule has 1 aliphatic carbocycles. The van der Waals surface area contributed by atoms with Gasteiger partial charge >= 0.3 is 6.18 Å². The number of H-pyrrole nitrogens is 1. The molecular weight excluding hydrogens is 473 g/mol. The van der Waals surface area contributed by atoms with Gasteiger partial charge in [0.1, 0.15) is 17.4 Å². The Morgan fingerprint density at radius 1 is 1.11 bits per heavy atom. The Morgan fingerprint density at radius 3 is 2.75 bits per heavy atom. The zero-order chi connectivity index (χ0) is 25.0. The average Bonchev–Trinajstić information content (AvgIpc) is 3.66. The highest BCUT2D eigenvalue weighted by molar-refractivity contribution is 6.02. The average molecular weight is 494 g/mol. The number of pyridine rings is 1. The minimum atomic E-state index is -4.56. The Labute approximate surface area is 203 Å². The van der Waals surface area contributed by atoms with Gasteiger partial charge in [0.05, 0.1) is 17.5 Å². The molecule has 4 heterocycles. The molecule has 8 nitrogen and oxygen atoms in total. The molecule has 2 bridgehead atoms. The maximum absolute atomic E-state index is 13.6. The summed E-state index contributed by atoms with van der Waals surface area (Å²) < 4.78 is 41.0. The first-order valence-electron chi connectivity index (χ1n) is 11.6. The second-order valence-corrected chi connectivity index (χ2v) is 9.21. The van der Waals surface area contributed by atoms with E-state index in [1.54, 1.807) is 12.3 Å². The smallest absolute Gasteiger partial charge is 0.324 e. The molecule has 3 aromatic heterocycles. The number of anilines is 1. The van der Waals surface area contributed by atoms with Crippen molar-refractivity contribution in [2.45, 2.75) is 37.5 Å². The predicted octanol–water partition coefficient (Wildman–Crippen LogP) is 4.38. The van der Waals surface area contributed by atoms with Gasteiger partial charge in [-0.2, -0.15) is 18.3 Å². The Balaban J connectivity index is 1.29. The minimum absolute atomic E-state index is 0.00249. The molecule has 0 spiro atoms. The number of nitrogens with zero attached hydrogens (tertiary/aromatic N) is 4. The molecule has 0 radical (unpaired) electrons. The van der Waals surface area contributed by atoms with E-state index < -0.39 is 23.7 Å². The van der Waals surface area contributed by atoms with Crippen molar-refractivity contribution < 1.29 is 22.8 Å². The SMILES string of the molecule is O=C(Nc1cccc(-c2ccn[nH]2)c1)C1C2CCC(C2)N1C(=O)c1cnc2ccc(C(F)(F)F)cn12. The van der Waals surface area contributed by atoms with Crippen molar-refractivity contribution in [3.8, 4) is 11.3 Å². The van der Waals surface area contributed by atoms with E-state index in [-0.39, 0.29) is 29.2 Å². The van der Waals surface area contributed by atoms with Gasteiger partial charge in [-0.1, -0.05) is 12.1 Å². The van der Waals surface area contributed by atoms with Crippen molar-refractivity contribution in [3.63, 3.8) is 0 Å². The van der Waals surface area contributed by atoms with Crippen LogP contribution >= 0.6 is 0 Å². The van der Waals surface area contributed by atoms with Gasteiger partial charge in [0.25, 0.3) is 5.91 Å². The second-order valence-electron chi connectivity index (χ2n) is 9.21. The number of alkyl halides is 3. The summed E-state index contributed by atoms with van der Waals surface area (Å²) in [5.41, 5.74) is 1.57. The van der Waals surface area contributed by atoms with Crippen molar-refractivity contribution >= 4 is 23.1 Å². The molecule has 2 aliphatic rings. The molecule has 2 fully saturated rings. The van der Waals surface area contributed by atoms with E-state index in [1.165, 1.54) is 17.2 Å². The zero-order valence-corrected chi connectivity index (χ0v) is 18.9. The van der Waals surface area contributed by atoms with Gasteiger partial charge < -0.3 is 10.2 Å². The molecule has 4 aromatic rings. The van der Waals surface area contributed by atoms with Gasteiger partial charge in [-0.25, -0.2) is 4.98 Å². The number of fused-ring (bicyclic) bond motifs is 3. The number of hydrogen-bond acceptors (Lipinski definition) is 4. The Kier molecular flexibility index (Phi) is 5.09. The summed E-state index contributed by atoms with van der Waals surface area (Å²) in [6, 6.07) is 10.4. The number of nitrogens with one attached hydrogen (secondary N) is 2. The van der Waals surface area contributed by atoms with Crippen molar-refractivity contribution in [2.24, 2.45) is 5.92 Å². The summed E-state index contributed by atoms with van der Waals surface area (Å²) in [5.74, 6) is -0.831. The van der Waals surface area contributed by atoms with Crippen molar-refractivity contribution in [1.29, 1.82) is 0 Å². The van der Waals surface area contributed by atoms with Crippen LogP contribution in [0.15, 0.2) is 61.1 Å². The molecule has 1 aliphatic heterocycles. The Hall–Kier alpha value is -4.15. The third-order valence-electron chi connectivity index (χ3n) is 7.08. The molecule has 2 N–H and O–H groups in total. The lowest BCUT2D eigenvalue weighted by atomic mass is 9.97. The molecule has 184 valence electrons. The summed E-state index contributed by atoms with van der Waals surface area (Å²) in [7, 11) is 0. The van der Waals surface area contributed by atoms with E-state index >= 15 is 0 Å². The van der Waals surface area contributed by atoms with E-state index in [4.69, 9.17) is 0 Å². The zero-order valence-electron chi connectivity index (χ0n) is 18.9. The number of aromatic amines is 1. The van der Waals surface area contributed by atoms with Crippen LogP contribution < -0.4 is 5.32 Å². The third kappa shape index (κ3) is 3.71. The van der Waals surface area contributed by atoms with Crippen LogP contribution in [0.1, 0.15) is 35.3 Å². The molecule has 1 aromatic carbocycles. The summed E-state index contributed by atoms with van der Waals surface area (Å²) >= 11 is 0. The highest BCUT2D eigenvalue weighted by Crippen LogP contribution is 2.43. The first-order chi connectivity index (χ1) is 17.3. The number of amides is 2. The summed E-state index contributed by atoms with van der Waals surface area (Å²) in [4.78, 5) is 32.7. The predicted molar refractivity (Wildman–Crippen MR) is 124 cm³/mol. The summed E-state index contributed by atoms with van der Waals surface area (Å²) in [5, 5.41) is 9.76. The quantitative estimate of drug-likeness (QED) is 0.440. The number of benzene rings is 1. The van der Waals surface area contributed by atoms with Gasteiger partial charge in [0, 0.05) is 29.7 Å². The number of hydrogen-bond donors (Lipinski definition) is 2. The maximum Gasteiger partial charge on any atom is 0.417 e. The van der Waals surface area contributed by atoms with Crippen LogP contribution in [-0.4, -0.2) is 48.4 Å². The van der Waals surface area contributed by atoms with Crippen LogP contribution in [0.2, 0.25) is 0 Å². The standard InChI is InChI=1S/C25H21F3N6O2/c26-25(27,28)16-5-7-21-29-12-20(33(21)13-16)24(36)34-18-6-4-15(11-18)22(34)23(35)31-17-3-1-2-14(10-17)19-8-9-30-32-19/h1-3,5,7-10,12-13,15,18,22H,4,6,11H2,(H,30,32)(H,31,35). The minimum Gasteiger partial charge on any atom is -0.324 e. The third-order valence-corrected chi connectivity index (χ3v) is 7.08.